The third-order valence-corrected chi connectivity index (χ3v) is 2.85. The second-order valence-electron chi connectivity index (χ2n) is 3.63. The van der Waals surface area contributed by atoms with Crippen LogP contribution in [0.1, 0.15) is 13.3 Å². The van der Waals surface area contributed by atoms with Gasteiger partial charge in [-0.15, -0.1) is 0 Å². The first-order valence-corrected chi connectivity index (χ1v) is 6.82. The average molecular weight is 277 g/mol. The molecule has 104 valence electrons. The molecule has 0 rings (SSSR count). The molecular weight excluding hydrogens is 258 g/mol. The molecule has 18 heavy (non-hydrogen) atoms. The molecular formula is C10H19N3O4S. The van der Waals surface area contributed by atoms with Crippen molar-refractivity contribution in [2.24, 2.45) is 0 Å². The molecule has 7 nitrogen and oxygen atoms in total. The van der Waals surface area contributed by atoms with Gasteiger partial charge in [-0.05, 0) is 25.4 Å². The fourth-order valence-electron chi connectivity index (χ4n) is 1.17. The first kappa shape index (κ1) is 16.6. The van der Waals surface area contributed by atoms with Gasteiger partial charge in [-0.3, -0.25) is 4.79 Å². The number of rotatable bonds is 7. The third-order valence-electron chi connectivity index (χ3n) is 2.20. The molecule has 2 atom stereocenters. The first-order chi connectivity index (χ1) is 8.42. The van der Waals surface area contributed by atoms with Gasteiger partial charge in [-0.25, -0.2) is 9.59 Å². The Kier molecular flexibility index (Phi) is 7.93. The molecule has 1 unspecified atom stereocenters. The first-order valence-electron chi connectivity index (χ1n) is 5.42. The van der Waals surface area contributed by atoms with Crippen LogP contribution in [-0.4, -0.2) is 54.2 Å². The Hall–Kier alpha value is -1.44. The number of thioether (sulfide) groups is 1. The van der Waals surface area contributed by atoms with E-state index in [0.29, 0.717) is 12.2 Å². The molecule has 0 aliphatic heterocycles. The second kappa shape index (κ2) is 8.62. The monoisotopic (exact) mass is 277 g/mol. The van der Waals surface area contributed by atoms with E-state index in [2.05, 4.69) is 16.0 Å². The minimum Gasteiger partial charge on any atom is -0.480 e. The molecule has 4 N–H and O–H groups in total. The minimum atomic E-state index is -1.09. The third kappa shape index (κ3) is 6.33. The maximum atomic E-state index is 11.5. The van der Waals surface area contributed by atoms with Crippen molar-refractivity contribution in [1.82, 2.24) is 16.0 Å². The van der Waals surface area contributed by atoms with E-state index in [1.54, 1.807) is 0 Å². The standard InChI is InChI=1S/C10H19N3O4S/c1-6(8(14)11-2)12-10(17)13-7(9(15)16)4-5-18-3/h6-7H,4-5H2,1-3H3,(H,11,14)(H,15,16)(H2,12,13,17)/t6?,7-/m0/s1. The lowest BCUT2D eigenvalue weighted by molar-refractivity contribution is -0.139. The number of likely N-dealkylation sites (N-methyl/N-ethyl adjacent to an activating group) is 1. The van der Waals surface area contributed by atoms with Crippen LogP contribution in [0.5, 0.6) is 0 Å². The van der Waals surface area contributed by atoms with Crippen LogP contribution in [0.4, 0.5) is 4.79 Å². The normalized spacial score (nSPS) is 13.3. The zero-order valence-corrected chi connectivity index (χ0v) is 11.5. The van der Waals surface area contributed by atoms with Crippen molar-refractivity contribution in [2.45, 2.75) is 25.4 Å². The highest BCUT2D eigenvalue weighted by Crippen LogP contribution is 2.00. The van der Waals surface area contributed by atoms with Gasteiger partial charge in [0.15, 0.2) is 0 Å². The Bertz CT molecular complexity index is 311. The quantitative estimate of drug-likeness (QED) is 0.508. The van der Waals surface area contributed by atoms with Crippen LogP contribution in [0.2, 0.25) is 0 Å². The lowest BCUT2D eigenvalue weighted by Gasteiger charge is -2.17. The summed E-state index contributed by atoms with van der Waals surface area (Å²) in [5, 5.41) is 16.0. The van der Waals surface area contributed by atoms with Crippen LogP contribution < -0.4 is 16.0 Å². The summed E-state index contributed by atoms with van der Waals surface area (Å²) in [5.41, 5.74) is 0. The van der Waals surface area contributed by atoms with Crippen LogP contribution in [0.3, 0.4) is 0 Å². The van der Waals surface area contributed by atoms with Crippen LogP contribution in [0.15, 0.2) is 0 Å². The highest BCUT2D eigenvalue weighted by Gasteiger charge is 2.21. The fourth-order valence-corrected chi connectivity index (χ4v) is 1.64. The lowest BCUT2D eigenvalue weighted by Crippen LogP contribution is -2.52. The van der Waals surface area contributed by atoms with Crippen LogP contribution in [0.25, 0.3) is 0 Å². The van der Waals surface area contributed by atoms with Crippen molar-refractivity contribution in [3.63, 3.8) is 0 Å². The van der Waals surface area contributed by atoms with Gasteiger partial charge in [-0.2, -0.15) is 11.8 Å². The predicted molar refractivity (Wildman–Crippen MR) is 69.6 cm³/mol. The molecule has 0 aliphatic carbocycles. The van der Waals surface area contributed by atoms with Gasteiger partial charge >= 0.3 is 12.0 Å². The molecule has 0 radical (unpaired) electrons. The Morgan fingerprint density at radius 2 is 1.89 bits per heavy atom. The number of hydrogen-bond acceptors (Lipinski definition) is 4. The zero-order chi connectivity index (χ0) is 14.1. The predicted octanol–water partition coefficient (Wildman–Crippen LogP) is -0.374. The lowest BCUT2D eigenvalue weighted by atomic mass is 10.2. The number of carboxylic acids is 1. The smallest absolute Gasteiger partial charge is 0.326 e. The van der Waals surface area contributed by atoms with E-state index >= 15 is 0 Å². The Morgan fingerprint density at radius 1 is 1.28 bits per heavy atom. The number of aliphatic carboxylic acids is 1. The van der Waals surface area contributed by atoms with E-state index in [1.807, 2.05) is 6.26 Å². The SMILES string of the molecule is CNC(=O)C(C)NC(=O)N[C@@H](CCSC)C(=O)O. The van der Waals surface area contributed by atoms with Gasteiger partial charge in [0.25, 0.3) is 0 Å². The van der Waals surface area contributed by atoms with E-state index in [4.69, 9.17) is 5.11 Å². The van der Waals surface area contributed by atoms with Crippen molar-refractivity contribution in [3.05, 3.63) is 0 Å². The molecule has 0 aliphatic rings. The molecule has 0 saturated carbocycles. The van der Waals surface area contributed by atoms with E-state index in [-0.39, 0.29) is 5.91 Å². The largest absolute Gasteiger partial charge is 0.480 e. The summed E-state index contributed by atoms with van der Waals surface area (Å²) < 4.78 is 0. The number of hydrogen-bond donors (Lipinski definition) is 4. The summed E-state index contributed by atoms with van der Waals surface area (Å²) in [6, 6.07) is -2.33. The van der Waals surface area contributed by atoms with Crippen molar-refractivity contribution < 1.29 is 19.5 Å². The summed E-state index contributed by atoms with van der Waals surface area (Å²) in [6.07, 6.45) is 2.19. The summed E-state index contributed by atoms with van der Waals surface area (Å²) >= 11 is 1.50. The molecule has 0 spiro atoms. The highest BCUT2D eigenvalue weighted by atomic mass is 32.2. The summed E-state index contributed by atoms with van der Waals surface area (Å²) in [6.45, 7) is 1.51. The van der Waals surface area contributed by atoms with E-state index in [1.165, 1.54) is 25.7 Å². The molecule has 0 aromatic rings. The summed E-state index contributed by atoms with van der Waals surface area (Å²) in [4.78, 5) is 33.5. The Balaban J connectivity index is 4.25. The second-order valence-corrected chi connectivity index (χ2v) is 4.61. The van der Waals surface area contributed by atoms with Gasteiger partial charge in [0.1, 0.15) is 12.1 Å². The Morgan fingerprint density at radius 3 is 2.33 bits per heavy atom. The van der Waals surface area contributed by atoms with E-state index < -0.39 is 24.1 Å². The van der Waals surface area contributed by atoms with E-state index in [0.717, 1.165) is 0 Å². The number of carbonyl (C=O) groups is 3. The van der Waals surface area contributed by atoms with Gasteiger partial charge in [0, 0.05) is 7.05 Å². The van der Waals surface area contributed by atoms with Crippen molar-refractivity contribution in [1.29, 1.82) is 0 Å². The molecule has 0 aromatic carbocycles. The van der Waals surface area contributed by atoms with Crippen LogP contribution in [-0.2, 0) is 9.59 Å². The van der Waals surface area contributed by atoms with Gasteiger partial charge in [0.2, 0.25) is 5.91 Å². The number of carbonyl (C=O) groups excluding carboxylic acids is 2. The molecule has 0 aromatic heterocycles. The van der Waals surface area contributed by atoms with Crippen LogP contribution in [0, 0.1) is 0 Å². The number of amides is 3. The highest BCUT2D eigenvalue weighted by molar-refractivity contribution is 7.98. The maximum absolute atomic E-state index is 11.5. The molecule has 3 amide bonds. The number of nitrogens with one attached hydrogen (secondary N) is 3. The van der Waals surface area contributed by atoms with Gasteiger partial charge < -0.3 is 21.1 Å². The van der Waals surface area contributed by atoms with E-state index in [9.17, 15) is 14.4 Å². The van der Waals surface area contributed by atoms with Crippen LogP contribution >= 0.6 is 11.8 Å². The van der Waals surface area contributed by atoms with Gasteiger partial charge in [0.05, 0.1) is 0 Å². The molecule has 0 saturated heterocycles. The maximum Gasteiger partial charge on any atom is 0.326 e. The average Bonchev–Trinajstić information content (AvgIpc) is 2.32. The minimum absolute atomic E-state index is 0.332. The van der Waals surface area contributed by atoms with Gasteiger partial charge in [-0.1, -0.05) is 0 Å². The molecule has 0 fully saturated rings. The molecule has 8 heteroatoms. The fraction of sp³-hybridized carbons (Fsp3) is 0.700. The van der Waals surface area contributed by atoms with Crippen molar-refractivity contribution >= 4 is 29.7 Å². The number of urea groups is 1. The summed E-state index contributed by atoms with van der Waals surface area (Å²) in [5.74, 6) is -0.810. The summed E-state index contributed by atoms with van der Waals surface area (Å²) in [7, 11) is 1.46. The molecule has 0 heterocycles. The van der Waals surface area contributed by atoms with Crippen molar-refractivity contribution in [3.8, 4) is 0 Å². The Labute approximate surface area is 110 Å². The number of carboxylic acid groups (broad SMARTS) is 1. The van der Waals surface area contributed by atoms with Crippen molar-refractivity contribution in [2.75, 3.05) is 19.1 Å². The molecule has 0 bridgehead atoms. The topological polar surface area (TPSA) is 108 Å². The zero-order valence-electron chi connectivity index (χ0n) is 10.6.